The van der Waals surface area contributed by atoms with Crippen LogP contribution in [0.2, 0.25) is 0 Å². The number of aromatic nitrogens is 1. The van der Waals surface area contributed by atoms with Gasteiger partial charge in [0.25, 0.3) is 0 Å². The number of pyridine rings is 1. The Labute approximate surface area is 113 Å². The second-order valence-electron chi connectivity index (χ2n) is 4.08. The second kappa shape index (κ2) is 5.16. The Bertz CT molecular complexity index is 481. The number of amides is 2. The number of carbonyl (C=O) groups is 1. The maximum Gasteiger partial charge on any atom is 0.338 e. The third-order valence-electron chi connectivity index (χ3n) is 2.55. The molecule has 5 nitrogen and oxygen atoms in total. The molecule has 0 aromatic carbocycles. The minimum Gasteiger partial charge on any atom is -0.488 e. The molecule has 0 fully saturated rings. The summed E-state index contributed by atoms with van der Waals surface area (Å²) in [4.78, 5) is 18.3. The van der Waals surface area contributed by atoms with E-state index >= 15 is 0 Å². The average molecular weight is 292 g/mol. The third kappa shape index (κ3) is 3.23. The highest BCUT2D eigenvalue weighted by atomic mass is 35.5. The predicted octanol–water partition coefficient (Wildman–Crippen LogP) is 2.16. The Morgan fingerprint density at radius 2 is 2.42 bits per heavy atom. The summed E-state index contributed by atoms with van der Waals surface area (Å²) in [7, 11) is 1.26. The van der Waals surface area contributed by atoms with Crippen molar-refractivity contribution in [3.8, 4) is 5.75 Å². The van der Waals surface area contributed by atoms with Crippen LogP contribution >= 0.6 is 11.6 Å². The molecule has 0 saturated heterocycles. The number of alkyl halides is 3. The number of rotatable bonds is 2. The molecule has 2 heterocycles. The normalized spacial score (nSPS) is 14.6. The standard InChI is InChI=1S/C11H12ClF2N3O2/c1-16(7-11(12,13)14)10(18)17-5-6-19-8-3-2-4-15-9(8)17/h2-4H,5-7H2,1H3. The molecule has 2 rings (SSSR count). The summed E-state index contributed by atoms with van der Waals surface area (Å²) in [5, 5.41) is -3.45. The van der Waals surface area contributed by atoms with E-state index in [1.54, 1.807) is 12.1 Å². The van der Waals surface area contributed by atoms with Gasteiger partial charge in [-0.15, -0.1) is 0 Å². The highest BCUT2D eigenvalue weighted by molar-refractivity contribution is 6.22. The minimum absolute atomic E-state index is 0.251. The van der Waals surface area contributed by atoms with E-state index in [4.69, 9.17) is 16.3 Å². The lowest BCUT2D eigenvalue weighted by molar-refractivity contribution is 0.0662. The topological polar surface area (TPSA) is 45.7 Å². The molecule has 8 heteroatoms. The molecule has 0 radical (unpaired) electrons. The zero-order valence-electron chi connectivity index (χ0n) is 10.1. The van der Waals surface area contributed by atoms with Crippen molar-refractivity contribution in [3.05, 3.63) is 18.3 Å². The van der Waals surface area contributed by atoms with Crippen LogP contribution in [0.3, 0.4) is 0 Å². The van der Waals surface area contributed by atoms with Gasteiger partial charge in [0.15, 0.2) is 11.6 Å². The number of nitrogens with zero attached hydrogens (tertiary/aromatic N) is 3. The summed E-state index contributed by atoms with van der Waals surface area (Å²) in [5.74, 6) is 0.775. The predicted molar refractivity (Wildman–Crippen MR) is 65.9 cm³/mol. The molecule has 0 aliphatic carbocycles. The van der Waals surface area contributed by atoms with E-state index in [1.807, 2.05) is 0 Å². The quantitative estimate of drug-likeness (QED) is 0.785. The number of halogens is 3. The fourth-order valence-corrected chi connectivity index (χ4v) is 1.96. The summed E-state index contributed by atoms with van der Waals surface area (Å²) in [5.41, 5.74) is 0. The zero-order chi connectivity index (χ0) is 14.0. The van der Waals surface area contributed by atoms with Crippen LogP contribution in [0.25, 0.3) is 0 Å². The molecule has 2 amide bonds. The summed E-state index contributed by atoms with van der Waals surface area (Å²) >= 11 is 4.83. The first-order chi connectivity index (χ1) is 8.88. The fraction of sp³-hybridized carbons (Fsp3) is 0.455. The van der Waals surface area contributed by atoms with E-state index in [0.717, 1.165) is 4.90 Å². The number of hydrogen-bond donors (Lipinski definition) is 0. The molecular formula is C11H12ClF2N3O2. The maximum atomic E-state index is 12.7. The van der Waals surface area contributed by atoms with E-state index in [2.05, 4.69) is 4.98 Å². The summed E-state index contributed by atoms with van der Waals surface area (Å²) < 4.78 is 30.8. The van der Waals surface area contributed by atoms with Gasteiger partial charge in [0.1, 0.15) is 13.2 Å². The van der Waals surface area contributed by atoms with E-state index in [1.165, 1.54) is 18.1 Å². The summed E-state index contributed by atoms with van der Waals surface area (Å²) in [6.45, 7) is -0.330. The first kappa shape index (κ1) is 13.8. The van der Waals surface area contributed by atoms with Crippen molar-refractivity contribution in [1.82, 2.24) is 9.88 Å². The molecule has 1 aliphatic rings. The Morgan fingerprint density at radius 1 is 1.68 bits per heavy atom. The van der Waals surface area contributed by atoms with E-state index in [0.29, 0.717) is 11.6 Å². The van der Waals surface area contributed by atoms with Crippen LogP contribution in [-0.4, -0.2) is 48.0 Å². The van der Waals surface area contributed by atoms with Gasteiger partial charge < -0.3 is 9.64 Å². The van der Waals surface area contributed by atoms with Gasteiger partial charge in [-0.1, -0.05) is 0 Å². The molecule has 1 aliphatic heterocycles. The van der Waals surface area contributed by atoms with Gasteiger partial charge >= 0.3 is 11.4 Å². The zero-order valence-corrected chi connectivity index (χ0v) is 10.9. The van der Waals surface area contributed by atoms with Gasteiger partial charge in [0.2, 0.25) is 0 Å². The van der Waals surface area contributed by atoms with Gasteiger partial charge in [-0.2, -0.15) is 8.78 Å². The number of fused-ring (bicyclic) bond motifs is 1. The van der Waals surface area contributed by atoms with E-state index in [9.17, 15) is 13.6 Å². The van der Waals surface area contributed by atoms with Crippen molar-refractivity contribution in [2.24, 2.45) is 0 Å². The summed E-state index contributed by atoms with van der Waals surface area (Å²) in [6, 6.07) is 2.74. The van der Waals surface area contributed by atoms with Crippen molar-refractivity contribution >= 4 is 23.4 Å². The van der Waals surface area contributed by atoms with Crippen molar-refractivity contribution in [2.75, 3.05) is 31.6 Å². The number of ether oxygens (including phenoxy) is 1. The Hall–Kier alpha value is -1.63. The molecule has 0 N–H and O–H groups in total. The first-order valence-electron chi connectivity index (χ1n) is 5.56. The van der Waals surface area contributed by atoms with Gasteiger partial charge in [-0.05, 0) is 23.7 Å². The van der Waals surface area contributed by atoms with E-state index in [-0.39, 0.29) is 13.2 Å². The highest BCUT2D eigenvalue weighted by Crippen LogP contribution is 2.29. The molecule has 0 saturated carbocycles. The number of urea groups is 1. The molecule has 0 unspecified atom stereocenters. The van der Waals surface area contributed by atoms with Crippen LogP contribution in [0, 0.1) is 0 Å². The van der Waals surface area contributed by atoms with Crippen LogP contribution in [0.5, 0.6) is 5.75 Å². The molecule has 0 atom stereocenters. The van der Waals surface area contributed by atoms with Gasteiger partial charge in [0.05, 0.1) is 6.54 Å². The number of hydrogen-bond acceptors (Lipinski definition) is 3. The highest BCUT2D eigenvalue weighted by Gasteiger charge is 2.33. The third-order valence-corrected chi connectivity index (χ3v) is 2.67. The Kier molecular flexibility index (Phi) is 3.75. The maximum absolute atomic E-state index is 12.7. The monoisotopic (exact) mass is 291 g/mol. The molecular weight excluding hydrogens is 280 g/mol. The lowest BCUT2D eigenvalue weighted by Crippen LogP contribution is -2.48. The van der Waals surface area contributed by atoms with Crippen LogP contribution in [0.1, 0.15) is 0 Å². The smallest absolute Gasteiger partial charge is 0.338 e. The lowest BCUT2D eigenvalue weighted by atomic mass is 10.3. The Balaban J connectivity index is 2.17. The van der Waals surface area contributed by atoms with Crippen molar-refractivity contribution in [2.45, 2.75) is 5.38 Å². The largest absolute Gasteiger partial charge is 0.488 e. The lowest BCUT2D eigenvalue weighted by Gasteiger charge is -2.32. The van der Waals surface area contributed by atoms with Gasteiger partial charge in [-0.25, -0.2) is 9.78 Å². The second-order valence-corrected chi connectivity index (χ2v) is 4.63. The molecule has 0 bridgehead atoms. The minimum atomic E-state index is -3.45. The van der Waals surface area contributed by atoms with Gasteiger partial charge in [0, 0.05) is 13.2 Å². The van der Waals surface area contributed by atoms with Crippen LogP contribution in [-0.2, 0) is 0 Å². The van der Waals surface area contributed by atoms with Crippen molar-refractivity contribution in [1.29, 1.82) is 0 Å². The van der Waals surface area contributed by atoms with Crippen LogP contribution < -0.4 is 9.64 Å². The Morgan fingerprint density at radius 3 is 3.11 bits per heavy atom. The first-order valence-corrected chi connectivity index (χ1v) is 5.93. The average Bonchev–Trinajstić information content (AvgIpc) is 2.35. The number of anilines is 1. The molecule has 1 aromatic rings. The van der Waals surface area contributed by atoms with Gasteiger partial charge in [-0.3, -0.25) is 4.90 Å². The molecule has 1 aromatic heterocycles. The van der Waals surface area contributed by atoms with Crippen molar-refractivity contribution in [3.63, 3.8) is 0 Å². The number of carbonyl (C=O) groups excluding carboxylic acids is 1. The van der Waals surface area contributed by atoms with Crippen LogP contribution in [0.15, 0.2) is 18.3 Å². The molecule has 0 spiro atoms. The van der Waals surface area contributed by atoms with Crippen LogP contribution in [0.4, 0.5) is 19.4 Å². The van der Waals surface area contributed by atoms with Crippen molar-refractivity contribution < 1.29 is 18.3 Å². The molecule has 19 heavy (non-hydrogen) atoms. The SMILES string of the molecule is CN(CC(F)(F)Cl)C(=O)N1CCOc2cccnc21. The fourth-order valence-electron chi connectivity index (χ4n) is 1.78. The molecule has 104 valence electrons. The summed E-state index contributed by atoms with van der Waals surface area (Å²) in [6.07, 6.45) is 1.50. The van der Waals surface area contributed by atoms with E-state index < -0.39 is 18.0 Å².